The lowest BCUT2D eigenvalue weighted by molar-refractivity contribution is 1.26. The summed E-state index contributed by atoms with van der Waals surface area (Å²) < 4.78 is 0. The average molecular weight is 442 g/mol. The van der Waals surface area contributed by atoms with E-state index in [9.17, 15) is 0 Å². The topological polar surface area (TPSA) is 115 Å². The summed E-state index contributed by atoms with van der Waals surface area (Å²) in [7, 11) is 0. The molecular weight excluding hydrogens is 424 g/mol. The van der Waals surface area contributed by atoms with Gasteiger partial charge in [0.2, 0.25) is 0 Å². The van der Waals surface area contributed by atoms with E-state index >= 15 is 0 Å². The highest BCUT2D eigenvalue weighted by Gasteiger charge is 2.15. The Balaban J connectivity index is 1.60. The second-order valence-electron chi connectivity index (χ2n) is 8.13. The Morgan fingerprint density at radius 2 is 1.09 bits per heavy atom. The van der Waals surface area contributed by atoms with Crippen LogP contribution in [-0.2, 0) is 0 Å². The smallest absolute Gasteiger partial charge is 0.0924 e. The molecule has 162 valence electrons. The molecule has 0 aromatic carbocycles. The van der Waals surface area contributed by atoms with Crippen molar-refractivity contribution in [2.24, 2.45) is 0 Å². The monoisotopic (exact) mass is 442 g/mol. The molecule has 8 bridgehead atoms. The summed E-state index contributed by atoms with van der Waals surface area (Å²) in [4.78, 5) is 31.7. The van der Waals surface area contributed by atoms with Crippen molar-refractivity contribution < 1.29 is 0 Å². The van der Waals surface area contributed by atoms with Crippen LogP contribution in [0, 0.1) is 0 Å². The number of aromatic nitrogens is 8. The highest BCUT2D eigenvalue weighted by Crippen LogP contribution is 2.30. The highest BCUT2D eigenvalue weighted by atomic mass is 14.9. The summed E-state index contributed by atoms with van der Waals surface area (Å²) in [5, 5.41) is 0. The first-order chi connectivity index (χ1) is 16.8. The van der Waals surface area contributed by atoms with Crippen LogP contribution in [0.2, 0.25) is 0 Å². The minimum Gasteiger partial charge on any atom is -0.355 e. The van der Waals surface area contributed by atoms with E-state index in [2.05, 4.69) is 54.2 Å². The molecule has 0 spiro atoms. The third-order valence-corrected chi connectivity index (χ3v) is 5.93. The second kappa shape index (κ2) is 7.28. The number of hydrogen-bond donors (Lipinski definition) is 4. The molecule has 0 aliphatic carbocycles. The molecule has 0 saturated heterocycles. The van der Waals surface area contributed by atoms with E-state index in [0.29, 0.717) is 0 Å². The van der Waals surface area contributed by atoms with E-state index in [0.717, 1.165) is 67.4 Å². The Morgan fingerprint density at radius 3 is 1.59 bits per heavy atom. The molecule has 34 heavy (non-hydrogen) atoms. The maximum Gasteiger partial charge on any atom is 0.0924 e. The van der Waals surface area contributed by atoms with Gasteiger partial charge in [-0.25, -0.2) is 19.9 Å². The summed E-state index contributed by atoms with van der Waals surface area (Å²) in [6, 6.07) is 12.3. The first-order valence-corrected chi connectivity index (χ1v) is 10.9. The van der Waals surface area contributed by atoms with Crippen molar-refractivity contribution in [3.8, 4) is 22.5 Å². The number of aromatic amines is 4. The Labute approximate surface area is 193 Å². The van der Waals surface area contributed by atoms with E-state index in [-0.39, 0.29) is 0 Å². The molecule has 5 aromatic rings. The van der Waals surface area contributed by atoms with Crippen LogP contribution in [0.3, 0.4) is 0 Å². The summed E-state index contributed by atoms with van der Waals surface area (Å²) in [5.41, 5.74) is 11.0. The maximum absolute atomic E-state index is 4.89. The largest absolute Gasteiger partial charge is 0.355 e. The number of imidazole rings is 2. The van der Waals surface area contributed by atoms with Crippen molar-refractivity contribution in [3.05, 3.63) is 84.2 Å². The van der Waals surface area contributed by atoms with Crippen molar-refractivity contribution in [1.82, 2.24) is 39.9 Å². The van der Waals surface area contributed by atoms with Gasteiger partial charge >= 0.3 is 0 Å². The van der Waals surface area contributed by atoms with Crippen molar-refractivity contribution in [1.29, 1.82) is 0 Å². The summed E-state index contributed by atoms with van der Waals surface area (Å²) in [6.45, 7) is 0. The average Bonchev–Trinajstić information content (AvgIpc) is 3.67. The Morgan fingerprint density at radius 1 is 0.559 bits per heavy atom. The number of rotatable bonds is 2. The van der Waals surface area contributed by atoms with Crippen molar-refractivity contribution >= 4 is 46.4 Å². The van der Waals surface area contributed by atoms with Gasteiger partial charge in [0.25, 0.3) is 0 Å². The predicted molar refractivity (Wildman–Crippen MR) is 134 cm³/mol. The van der Waals surface area contributed by atoms with Crippen LogP contribution < -0.4 is 0 Å². The lowest BCUT2D eigenvalue weighted by Gasteiger charge is -2.00. The minimum atomic E-state index is 0.839. The van der Waals surface area contributed by atoms with Gasteiger partial charge in [-0.2, -0.15) is 0 Å². The molecule has 8 nitrogen and oxygen atoms in total. The lowest BCUT2D eigenvalue weighted by atomic mass is 10.1. The number of H-pyrrole nitrogens is 4. The normalized spacial score (nSPS) is 12.5. The Kier molecular flexibility index (Phi) is 3.98. The molecular formula is C26H18N8. The van der Waals surface area contributed by atoms with Gasteiger partial charge in [0, 0.05) is 16.6 Å². The number of nitrogens with one attached hydrogen (secondary N) is 4. The van der Waals surface area contributed by atoms with Crippen LogP contribution in [0.5, 0.6) is 0 Å². The van der Waals surface area contributed by atoms with Crippen LogP contribution >= 0.6 is 0 Å². The molecule has 0 unspecified atom stereocenters. The molecule has 0 radical (unpaired) electrons. The molecule has 2 aliphatic heterocycles. The zero-order valence-corrected chi connectivity index (χ0v) is 17.9. The van der Waals surface area contributed by atoms with Gasteiger partial charge in [-0.05, 0) is 60.7 Å². The molecule has 0 fully saturated rings. The predicted octanol–water partition coefficient (Wildman–Crippen LogP) is 5.44. The Hall–Kier alpha value is -4.98. The first kappa shape index (κ1) is 18.6. The Bertz CT molecular complexity index is 1650. The van der Waals surface area contributed by atoms with E-state index in [4.69, 9.17) is 9.97 Å². The lowest BCUT2D eigenvalue weighted by Crippen LogP contribution is -1.88. The highest BCUT2D eigenvalue weighted by molar-refractivity contribution is 5.93. The summed E-state index contributed by atoms with van der Waals surface area (Å²) in [5.74, 6) is 0. The fourth-order valence-corrected chi connectivity index (χ4v) is 4.43. The van der Waals surface area contributed by atoms with Gasteiger partial charge in [-0.15, -0.1) is 0 Å². The molecule has 0 atom stereocenters. The maximum atomic E-state index is 4.89. The molecule has 7 heterocycles. The zero-order chi connectivity index (χ0) is 22.5. The fourth-order valence-electron chi connectivity index (χ4n) is 4.43. The molecule has 0 saturated carbocycles. The molecule has 0 amide bonds. The molecule has 2 aliphatic rings. The van der Waals surface area contributed by atoms with Crippen molar-refractivity contribution in [2.45, 2.75) is 0 Å². The quantitative estimate of drug-likeness (QED) is 0.285. The van der Waals surface area contributed by atoms with Crippen LogP contribution in [0.15, 0.2) is 61.4 Å². The molecule has 4 N–H and O–H groups in total. The zero-order valence-electron chi connectivity index (χ0n) is 17.9. The third-order valence-electron chi connectivity index (χ3n) is 5.93. The van der Waals surface area contributed by atoms with Crippen LogP contribution in [0.1, 0.15) is 22.8 Å². The van der Waals surface area contributed by atoms with Gasteiger partial charge in [-0.1, -0.05) is 0 Å². The van der Waals surface area contributed by atoms with E-state index in [1.54, 1.807) is 18.9 Å². The van der Waals surface area contributed by atoms with E-state index in [1.165, 1.54) is 0 Å². The number of fused-ring (bicyclic) bond motifs is 8. The first-order valence-electron chi connectivity index (χ1n) is 10.9. The van der Waals surface area contributed by atoms with E-state index in [1.807, 2.05) is 42.6 Å². The number of hydrogen-bond acceptors (Lipinski definition) is 4. The molecule has 8 heteroatoms. The number of nitrogens with zero attached hydrogens (tertiary/aromatic N) is 4. The van der Waals surface area contributed by atoms with Gasteiger partial charge in [-0.3, -0.25) is 0 Å². The van der Waals surface area contributed by atoms with Crippen molar-refractivity contribution in [2.75, 3.05) is 0 Å². The van der Waals surface area contributed by atoms with Gasteiger partial charge in [0.05, 0.1) is 75.8 Å². The van der Waals surface area contributed by atoms with Gasteiger partial charge in [0.15, 0.2) is 0 Å². The van der Waals surface area contributed by atoms with Crippen LogP contribution in [0.25, 0.3) is 68.9 Å². The standard InChI is InChI=1S/C26H18N8/c1-5-19-25(23-11-27-13-29-23)20-7-3-17(33-20)10-18-4-8-22(34-18)26(24-12-28-14-30-24)21-6-2-16(32-21)9-15(1)31-19/h1-14,31,33H,(H,27,29)(H,28,30). The van der Waals surface area contributed by atoms with Crippen molar-refractivity contribution in [3.63, 3.8) is 0 Å². The fraction of sp³-hybridized carbons (Fsp3) is 0. The SMILES string of the molecule is C1=Cc2nc1cc1ccc([nH]1)c(-c1cnc[nH]1)c1ccc(cc3nc(c2-c2cnc[nH]2)C=C3)[nH]1. The molecule has 7 rings (SSSR count). The third kappa shape index (κ3) is 3.08. The van der Waals surface area contributed by atoms with Crippen LogP contribution in [-0.4, -0.2) is 39.9 Å². The van der Waals surface area contributed by atoms with E-state index < -0.39 is 0 Å². The minimum absolute atomic E-state index is 0.839. The van der Waals surface area contributed by atoms with Crippen LogP contribution in [0.4, 0.5) is 0 Å². The molecule has 5 aromatic heterocycles. The summed E-state index contributed by atoms with van der Waals surface area (Å²) >= 11 is 0. The summed E-state index contributed by atoms with van der Waals surface area (Å²) in [6.07, 6.45) is 15.0. The van der Waals surface area contributed by atoms with Gasteiger partial charge in [0.1, 0.15) is 0 Å². The van der Waals surface area contributed by atoms with Gasteiger partial charge < -0.3 is 19.9 Å². The second-order valence-corrected chi connectivity index (χ2v) is 8.13.